The van der Waals surface area contributed by atoms with Crippen molar-refractivity contribution in [1.29, 1.82) is 0 Å². The van der Waals surface area contributed by atoms with Crippen molar-refractivity contribution in [2.75, 3.05) is 26.2 Å². The van der Waals surface area contributed by atoms with Gasteiger partial charge in [0, 0.05) is 25.2 Å². The summed E-state index contributed by atoms with van der Waals surface area (Å²) in [7, 11) is 0. The molecule has 0 aliphatic carbocycles. The minimum Gasteiger partial charge on any atom is -0.341 e. The van der Waals surface area contributed by atoms with E-state index in [0.717, 1.165) is 37.1 Å². The molecule has 0 radical (unpaired) electrons. The number of piperidine rings is 1. The molecular weight excluding hydrogens is 364 g/mol. The lowest BCUT2D eigenvalue weighted by Crippen LogP contribution is -2.47. The normalized spacial score (nSPS) is 17.1. The second kappa shape index (κ2) is 7.72. The van der Waals surface area contributed by atoms with E-state index in [1.54, 1.807) is 9.58 Å². The van der Waals surface area contributed by atoms with Gasteiger partial charge in [-0.3, -0.25) is 9.59 Å². The standard InChI is InChI=1S/C20H23ClN4O2/c21-19-16-9-12-24(14-17(26)23-10-5-2-6-11-23)20(27)18(16)22-25(19)13-15-7-3-1-4-8-15/h1,3-4,7-8H,2,5-6,9-14H2. The number of hydrogen-bond donors (Lipinski definition) is 0. The third kappa shape index (κ3) is 3.72. The van der Waals surface area contributed by atoms with Gasteiger partial charge in [0.05, 0.1) is 6.54 Å². The summed E-state index contributed by atoms with van der Waals surface area (Å²) in [5, 5.41) is 4.98. The van der Waals surface area contributed by atoms with Crippen molar-refractivity contribution in [3.8, 4) is 0 Å². The van der Waals surface area contributed by atoms with Crippen LogP contribution in [0.1, 0.15) is 40.9 Å². The monoisotopic (exact) mass is 386 g/mol. The van der Waals surface area contributed by atoms with E-state index in [0.29, 0.717) is 30.4 Å². The van der Waals surface area contributed by atoms with Crippen LogP contribution in [0.5, 0.6) is 0 Å². The lowest BCUT2D eigenvalue weighted by molar-refractivity contribution is -0.132. The number of amides is 2. The Morgan fingerprint density at radius 3 is 2.56 bits per heavy atom. The van der Waals surface area contributed by atoms with Gasteiger partial charge in [0.25, 0.3) is 5.91 Å². The molecule has 1 aromatic carbocycles. The van der Waals surface area contributed by atoms with E-state index in [4.69, 9.17) is 11.6 Å². The third-order valence-corrected chi connectivity index (χ3v) is 5.74. The summed E-state index contributed by atoms with van der Waals surface area (Å²) >= 11 is 6.49. The van der Waals surface area contributed by atoms with Crippen LogP contribution in [-0.2, 0) is 17.8 Å². The summed E-state index contributed by atoms with van der Waals surface area (Å²) < 4.78 is 1.68. The van der Waals surface area contributed by atoms with E-state index < -0.39 is 0 Å². The Balaban J connectivity index is 1.48. The number of rotatable bonds is 4. The number of halogens is 1. The molecule has 1 aromatic heterocycles. The predicted molar refractivity (Wildman–Crippen MR) is 103 cm³/mol. The van der Waals surface area contributed by atoms with Gasteiger partial charge < -0.3 is 9.80 Å². The molecule has 0 N–H and O–H groups in total. The van der Waals surface area contributed by atoms with E-state index in [2.05, 4.69) is 5.10 Å². The van der Waals surface area contributed by atoms with Crippen molar-refractivity contribution in [1.82, 2.24) is 19.6 Å². The summed E-state index contributed by atoms with van der Waals surface area (Å²) in [5.41, 5.74) is 2.25. The SMILES string of the molecule is O=C(CN1CCc2c(nn(Cc3ccccc3)c2Cl)C1=O)N1CCCCC1. The number of benzene rings is 1. The highest BCUT2D eigenvalue weighted by Crippen LogP contribution is 2.26. The van der Waals surface area contributed by atoms with E-state index in [1.165, 1.54) is 6.42 Å². The van der Waals surface area contributed by atoms with Crippen LogP contribution in [0.2, 0.25) is 5.15 Å². The zero-order valence-corrected chi connectivity index (χ0v) is 16.0. The lowest BCUT2D eigenvalue weighted by atomic mass is 10.1. The number of carbonyl (C=O) groups is 2. The Bertz CT molecular complexity index is 843. The summed E-state index contributed by atoms with van der Waals surface area (Å²) in [5.74, 6) is -0.170. The van der Waals surface area contributed by atoms with Crippen LogP contribution in [0.15, 0.2) is 30.3 Å². The first-order valence-corrected chi connectivity index (χ1v) is 9.87. The lowest BCUT2D eigenvalue weighted by Gasteiger charge is -2.31. The van der Waals surface area contributed by atoms with Gasteiger partial charge >= 0.3 is 0 Å². The fourth-order valence-corrected chi connectivity index (χ4v) is 4.07. The van der Waals surface area contributed by atoms with E-state index >= 15 is 0 Å². The molecule has 2 aromatic rings. The number of aromatic nitrogens is 2. The zero-order chi connectivity index (χ0) is 18.8. The fraction of sp³-hybridized carbons (Fsp3) is 0.450. The summed E-state index contributed by atoms with van der Waals surface area (Å²) in [4.78, 5) is 28.9. The molecular formula is C20H23ClN4O2. The molecule has 0 spiro atoms. The number of fused-ring (bicyclic) bond motifs is 1. The highest BCUT2D eigenvalue weighted by Gasteiger charge is 2.32. The molecule has 0 saturated carbocycles. The van der Waals surface area contributed by atoms with Crippen molar-refractivity contribution in [3.63, 3.8) is 0 Å². The van der Waals surface area contributed by atoms with Crippen LogP contribution >= 0.6 is 11.6 Å². The molecule has 27 heavy (non-hydrogen) atoms. The molecule has 2 amide bonds. The summed E-state index contributed by atoms with van der Waals surface area (Å²) in [6.45, 7) is 2.74. The van der Waals surface area contributed by atoms with Gasteiger partial charge in [-0.1, -0.05) is 41.9 Å². The first-order chi connectivity index (χ1) is 13.1. The Hall–Kier alpha value is -2.34. The maximum absolute atomic E-state index is 12.9. The Labute approximate surface area is 163 Å². The van der Waals surface area contributed by atoms with E-state index in [-0.39, 0.29) is 18.4 Å². The van der Waals surface area contributed by atoms with Crippen LogP contribution in [0.4, 0.5) is 0 Å². The highest BCUT2D eigenvalue weighted by molar-refractivity contribution is 6.31. The average molecular weight is 387 g/mol. The van der Waals surface area contributed by atoms with Crippen LogP contribution in [-0.4, -0.2) is 57.6 Å². The van der Waals surface area contributed by atoms with Gasteiger partial charge in [-0.25, -0.2) is 4.68 Å². The Morgan fingerprint density at radius 1 is 1.07 bits per heavy atom. The van der Waals surface area contributed by atoms with Crippen molar-refractivity contribution < 1.29 is 9.59 Å². The van der Waals surface area contributed by atoms with Crippen LogP contribution in [0.25, 0.3) is 0 Å². The van der Waals surface area contributed by atoms with Crippen molar-refractivity contribution in [3.05, 3.63) is 52.3 Å². The highest BCUT2D eigenvalue weighted by atomic mass is 35.5. The van der Waals surface area contributed by atoms with Crippen LogP contribution < -0.4 is 0 Å². The summed E-state index contributed by atoms with van der Waals surface area (Å²) in [6, 6.07) is 9.89. The Morgan fingerprint density at radius 2 is 1.81 bits per heavy atom. The molecule has 6 nitrogen and oxygen atoms in total. The molecule has 0 unspecified atom stereocenters. The number of likely N-dealkylation sites (tertiary alicyclic amines) is 1. The zero-order valence-electron chi connectivity index (χ0n) is 15.2. The minimum atomic E-state index is -0.199. The summed E-state index contributed by atoms with van der Waals surface area (Å²) in [6.07, 6.45) is 3.89. The first-order valence-electron chi connectivity index (χ1n) is 9.49. The van der Waals surface area contributed by atoms with Crippen LogP contribution in [0.3, 0.4) is 0 Å². The molecule has 142 valence electrons. The average Bonchev–Trinajstić information content (AvgIpc) is 3.02. The topological polar surface area (TPSA) is 58.4 Å². The quantitative estimate of drug-likeness (QED) is 0.811. The maximum atomic E-state index is 12.9. The minimum absolute atomic E-state index is 0.0290. The maximum Gasteiger partial charge on any atom is 0.275 e. The van der Waals surface area contributed by atoms with Crippen molar-refractivity contribution in [2.24, 2.45) is 0 Å². The fourth-order valence-electron chi connectivity index (χ4n) is 3.79. The molecule has 1 fully saturated rings. The number of nitrogens with zero attached hydrogens (tertiary/aromatic N) is 4. The van der Waals surface area contributed by atoms with Gasteiger partial charge in [-0.15, -0.1) is 0 Å². The largest absolute Gasteiger partial charge is 0.341 e. The molecule has 2 aliphatic rings. The molecule has 2 aliphatic heterocycles. The molecule has 0 bridgehead atoms. The smallest absolute Gasteiger partial charge is 0.275 e. The second-order valence-corrected chi connectivity index (χ2v) is 7.54. The van der Waals surface area contributed by atoms with E-state index in [9.17, 15) is 9.59 Å². The second-order valence-electron chi connectivity index (χ2n) is 7.18. The molecule has 1 saturated heterocycles. The predicted octanol–water partition coefficient (Wildman–Crippen LogP) is 2.60. The molecule has 7 heteroatoms. The first kappa shape index (κ1) is 18.0. The van der Waals surface area contributed by atoms with Gasteiger partial charge in [0.1, 0.15) is 11.7 Å². The van der Waals surface area contributed by atoms with Crippen molar-refractivity contribution in [2.45, 2.75) is 32.2 Å². The van der Waals surface area contributed by atoms with Crippen LogP contribution in [0, 0.1) is 0 Å². The third-order valence-electron chi connectivity index (χ3n) is 5.31. The van der Waals surface area contributed by atoms with Gasteiger partial charge in [-0.05, 0) is 31.2 Å². The molecule has 3 heterocycles. The molecule has 4 rings (SSSR count). The number of hydrogen-bond acceptors (Lipinski definition) is 3. The molecule has 0 atom stereocenters. The van der Waals surface area contributed by atoms with Crippen molar-refractivity contribution >= 4 is 23.4 Å². The van der Waals surface area contributed by atoms with Gasteiger partial charge in [0.15, 0.2) is 5.69 Å². The Kier molecular flexibility index (Phi) is 5.16. The number of carbonyl (C=O) groups excluding carboxylic acids is 2. The van der Waals surface area contributed by atoms with Gasteiger partial charge in [0.2, 0.25) is 5.91 Å². The van der Waals surface area contributed by atoms with E-state index in [1.807, 2.05) is 35.2 Å². The van der Waals surface area contributed by atoms with Gasteiger partial charge in [-0.2, -0.15) is 5.10 Å².